The predicted molar refractivity (Wildman–Crippen MR) is 137 cm³/mol. The monoisotopic (exact) mass is 507 g/mol. The maximum absolute atomic E-state index is 12.0. The van der Waals surface area contributed by atoms with E-state index in [1.54, 1.807) is 0 Å². The minimum atomic E-state index is -0.456. The van der Waals surface area contributed by atoms with Gasteiger partial charge in [0, 0.05) is 35.2 Å². The van der Waals surface area contributed by atoms with Crippen molar-refractivity contribution < 1.29 is 19.0 Å². The van der Waals surface area contributed by atoms with Crippen molar-refractivity contribution in [3.05, 3.63) is 63.1 Å². The fraction of sp³-hybridized carbons (Fsp3) is 0.519. The summed E-state index contributed by atoms with van der Waals surface area (Å²) in [5.74, 6) is 0.922. The summed E-state index contributed by atoms with van der Waals surface area (Å²) in [4.78, 5) is 14.3. The predicted octanol–water partition coefficient (Wildman–Crippen LogP) is 6.80. The Bertz CT molecular complexity index is 947. The third-order valence-electron chi connectivity index (χ3n) is 5.67. The van der Waals surface area contributed by atoms with Gasteiger partial charge in [-0.15, -0.1) is 0 Å². The van der Waals surface area contributed by atoms with Crippen LogP contribution in [-0.2, 0) is 20.9 Å². The third kappa shape index (κ3) is 7.88. The Morgan fingerprint density at radius 1 is 1.15 bits per heavy atom. The lowest BCUT2D eigenvalue weighted by Crippen LogP contribution is -2.39. The van der Waals surface area contributed by atoms with Gasteiger partial charge in [-0.25, -0.2) is 0 Å². The summed E-state index contributed by atoms with van der Waals surface area (Å²) in [5, 5.41) is 1.24. The highest BCUT2D eigenvalue weighted by Crippen LogP contribution is 2.31. The molecule has 0 aliphatic carbocycles. The SMILES string of the molecule is CC(C)c1cc(Cl)c(COc2ccc(C3CN(CCC(=O)OC(C)(C)C)CCO3)cc2)c(Cl)c1. The number of benzene rings is 2. The zero-order chi connectivity index (χ0) is 24.9. The number of halogens is 2. The minimum absolute atomic E-state index is 0.0473. The van der Waals surface area contributed by atoms with Crippen molar-refractivity contribution in [1.82, 2.24) is 4.90 Å². The van der Waals surface area contributed by atoms with Gasteiger partial charge < -0.3 is 14.2 Å². The third-order valence-corrected chi connectivity index (χ3v) is 6.34. The number of nitrogens with zero attached hydrogens (tertiary/aromatic N) is 1. The molecule has 1 aliphatic heterocycles. The Kier molecular flexibility index (Phi) is 9.27. The highest BCUT2D eigenvalue weighted by atomic mass is 35.5. The first-order valence-electron chi connectivity index (χ1n) is 11.8. The van der Waals surface area contributed by atoms with Crippen molar-refractivity contribution >= 4 is 29.2 Å². The van der Waals surface area contributed by atoms with Crippen molar-refractivity contribution in [2.75, 3.05) is 26.2 Å². The number of carbonyl (C=O) groups excluding carboxylic acids is 1. The highest BCUT2D eigenvalue weighted by molar-refractivity contribution is 6.36. The van der Waals surface area contributed by atoms with Crippen molar-refractivity contribution in [1.29, 1.82) is 0 Å². The number of ether oxygens (including phenoxy) is 3. The van der Waals surface area contributed by atoms with Gasteiger partial charge in [-0.05, 0) is 62.1 Å². The van der Waals surface area contributed by atoms with Crippen LogP contribution in [0.1, 0.15) is 69.8 Å². The second kappa shape index (κ2) is 11.8. The molecule has 1 saturated heterocycles. The summed E-state index contributed by atoms with van der Waals surface area (Å²) >= 11 is 12.9. The molecule has 5 nitrogen and oxygen atoms in total. The van der Waals surface area contributed by atoms with E-state index in [-0.39, 0.29) is 12.1 Å². The molecule has 2 aromatic rings. The molecule has 3 rings (SSSR count). The van der Waals surface area contributed by atoms with Crippen LogP contribution in [0.15, 0.2) is 36.4 Å². The van der Waals surface area contributed by atoms with Crippen LogP contribution in [0.25, 0.3) is 0 Å². The van der Waals surface area contributed by atoms with Crippen molar-refractivity contribution in [2.45, 2.75) is 65.3 Å². The zero-order valence-electron chi connectivity index (χ0n) is 20.7. The van der Waals surface area contributed by atoms with Crippen LogP contribution in [-0.4, -0.2) is 42.7 Å². The second-order valence-electron chi connectivity index (χ2n) is 9.97. The summed E-state index contributed by atoms with van der Waals surface area (Å²) in [6.07, 6.45) is 0.328. The smallest absolute Gasteiger partial charge is 0.307 e. The van der Waals surface area contributed by atoms with Gasteiger partial charge in [0.15, 0.2) is 0 Å². The van der Waals surface area contributed by atoms with Crippen LogP contribution in [0, 0.1) is 0 Å². The van der Waals surface area contributed by atoms with Crippen LogP contribution >= 0.6 is 23.2 Å². The van der Waals surface area contributed by atoms with Crippen LogP contribution in [0.2, 0.25) is 10.0 Å². The molecule has 1 fully saturated rings. The lowest BCUT2D eigenvalue weighted by molar-refractivity contribution is -0.155. The molecule has 2 aromatic carbocycles. The van der Waals surface area contributed by atoms with Crippen molar-refractivity contribution in [2.24, 2.45) is 0 Å². The maximum Gasteiger partial charge on any atom is 0.307 e. The molecule has 186 valence electrons. The number of esters is 1. The van der Waals surface area contributed by atoms with Gasteiger partial charge in [-0.2, -0.15) is 0 Å². The Morgan fingerprint density at radius 2 is 1.79 bits per heavy atom. The highest BCUT2D eigenvalue weighted by Gasteiger charge is 2.23. The first kappa shape index (κ1) is 26.8. The quantitative estimate of drug-likeness (QED) is 0.367. The van der Waals surface area contributed by atoms with Crippen molar-refractivity contribution in [3.63, 3.8) is 0 Å². The zero-order valence-corrected chi connectivity index (χ0v) is 22.2. The lowest BCUT2D eigenvalue weighted by Gasteiger charge is -2.33. The van der Waals surface area contributed by atoms with Gasteiger partial charge in [0.2, 0.25) is 0 Å². The standard InChI is InChI=1S/C27H35Cl2NO4/c1-18(2)20-14-23(28)22(24(29)15-20)17-33-21-8-6-19(7-9-21)25-16-30(12-13-32-25)11-10-26(31)34-27(3,4)5/h6-9,14-15,18,25H,10-13,16-17H2,1-5H3. The summed E-state index contributed by atoms with van der Waals surface area (Å²) in [6, 6.07) is 11.8. The van der Waals surface area contributed by atoms with Crippen LogP contribution in [0.3, 0.4) is 0 Å². The number of hydrogen-bond acceptors (Lipinski definition) is 5. The second-order valence-corrected chi connectivity index (χ2v) is 10.8. The van der Waals surface area contributed by atoms with Gasteiger partial charge in [-0.3, -0.25) is 9.69 Å². The number of morpholine rings is 1. The average molecular weight is 508 g/mol. The van der Waals surface area contributed by atoms with E-state index in [9.17, 15) is 4.79 Å². The topological polar surface area (TPSA) is 48.0 Å². The van der Waals surface area contributed by atoms with Crippen LogP contribution < -0.4 is 4.74 Å². The molecule has 1 heterocycles. The van der Waals surface area contributed by atoms with E-state index < -0.39 is 5.60 Å². The molecular weight excluding hydrogens is 473 g/mol. The Morgan fingerprint density at radius 3 is 2.38 bits per heavy atom. The van der Waals surface area contributed by atoms with Gasteiger partial charge in [0.25, 0.3) is 0 Å². The molecule has 0 spiro atoms. The molecule has 0 saturated carbocycles. The number of rotatable bonds is 8. The van der Waals surface area contributed by atoms with E-state index in [4.69, 9.17) is 37.4 Å². The summed E-state index contributed by atoms with van der Waals surface area (Å²) in [5.41, 5.74) is 2.51. The summed E-state index contributed by atoms with van der Waals surface area (Å²) in [7, 11) is 0. The fourth-order valence-electron chi connectivity index (χ4n) is 3.78. The Balaban J connectivity index is 1.53. The molecule has 1 unspecified atom stereocenters. The molecule has 0 radical (unpaired) electrons. The minimum Gasteiger partial charge on any atom is -0.489 e. The number of hydrogen-bond donors (Lipinski definition) is 0. The molecule has 1 atom stereocenters. The van der Waals surface area contributed by atoms with E-state index in [0.29, 0.717) is 42.1 Å². The summed E-state index contributed by atoms with van der Waals surface area (Å²) in [6.45, 7) is 13.0. The average Bonchev–Trinajstić information content (AvgIpc) is 2.76. The largest absolute Gasteiger partial charge is 0.489 e. The molecule has 0 amide bonds. The van der Waals surface area contributed by atoms with Gasteiger partial charge >= 0.3 is 5.97 Å². The first-order chi connectivity index (χ1) is 16.0. The van der Waals surface area contributed by atoms with E-state index >= 15 is 0 Å². The normalized spacial score (nSPS) is 17.1. The Labute approximate surface area is 213 Å². The van der Waals surface area contributed by atoms with Crippen molar-refractivity contribution in [3.8, 4) is 5.75 Å². The number of carbonyl (C=O) groups is 1. The van der Waals surface area contributed by atoms with Gasteiger partial charge in [-0.1, -0.05) is 49.2 Å². The van der Waals surface area contributed by atoms with Gasteiger partial charge in [0.1, 0.15) is 18.0 Å². The Hall–Kier alpha value is -1.79. The summed E-state index contributed by atoms with van der Waals surface area (Å²) < 4.78 is 17.3. The van der Waals surface area contributed by atoms with E-state index in [1.165, 1.54) is 0 Å². The molecule has 1 aliphatic rings. The van der Waals surface area contributed by atoms with E-state index in [1.807, 2.05) is 57.2 Å². The molecular formula is C27H35Cl2NO4. The lowest BCUT2D eigenvalue weighted by atomic mass is 10.0. The maximum atomic E-state index is 12.0. The van der Waals surface area contributed by atoms with Crippen LogP contribution in [0.5, 0.6) is 5.75 Å². The van der Waals surface area contributed by atoms with Crippen LogP contribution in [0.4, 0.5) is 0 Å². The molecule has 0 N–H and O–H groups in total. The molecule has 0 aromatic heterocycles. The van der Waals surface area contributed by atoms with Gasteiger partial charge in [0.05, 0.1) is 19.1 Å². The van der Waals surface area contributed by atoms with E-state index in [2.05, 4.69) is 18.7 Å². The van der Waals surface area contributed by atoms with E-state index in [0.717, 1.165) is 35.5 Å². The molecule has 7 heteroatoms. The first-order valence-corrected chi connectivity index (χ1v) is 12.5. The fourth-order valence-corrected chi connectivity index (χ4v) is 4.39. The molecule has 0 bridgehead atoms. The molecule has 34 heavy (non-hydrogen) atoms.